The van der Waals surface area contributed by atoms with Crippen LogP contribution < -0.4 is 16.0 Å². The van der Waals surface area contributed by atoms with Gasteiger partial charge in [-0.2, -0.15) is 5.10 Å². The summed E-state index contributed by atoms with van der Waals surface area (Å²) in [4.78, 5) is 25.9. The lowest BCUT2D eigenvalue weighted by atomic mass is 10.1. The number of aryl methyl sites for hydroxylation is 1. The average molecular weight is 345 g/mol. The van der Waals surface area contributed by atoms with Gasteiger partial charge in [-0.1, -0.05) is 0 Å². The van der Waals surface area contributed by atoms with Crippen LogP contribution in [-0.4, -0.2) is 59.3 Å². The van der Waals surface area contributed by atoms with E-state index in [1.807, 2.05) is 20.2 Å². The highest BCUT2D eigenvalue weighted by molar-refractivity contribution is 5.85. The summed E-state index contributed by atoms with van der Waals surface area (Å²) in [5.41, 5.74) is 0.820. The predicted octanol–water partition coefficient (Wildman–Crippen LogP) is 0.0224. The molecule has 8 nitrogen and oxygen atoms in total. The van der Waals surface area contributed by atoms with Gasteiger partial charge in [-0.05, 0) is 20.4 Å². The van der Waals surface area contributed by atoms with Crippen LogP contribution in [0.15, 0.2) is 12.4 Å². The Labute approximate surface area is 142 Å². The zero-order valence-electron chi connectivity index (χ0n) is 13.7. The van der Waals surface area contributed by atoms with Crippen molar-refractivity contribution >= 4 is 24.3 Å². The number of carbonyl (C=O) groups is 2. The number of likely N-dealkylation sites (N-methyl/N-ethyl adjacent to an activating group) is 1. The third kappa shape index (κ3) is 4.84. The van der Waals surface area contributed by atoms with Gasteiger partial charge in [0.25, 0.3) is 0 Å². The number of hydrogen-bond donors (Lipinski definition) is 3. The number of rotatable bonds is 5. The van der Waals surface area contributed by atoms with Gasteiger partial charge in [-0.15, -0.1) is 12.4 Å². The summed E-state index contributed by atoms with van der Waals surface area (Å²) >= 11 is 0. The highest BCUT2D eigenvalue weighted by atomic mass is 35.5. The maximum atomic E-state index is 12.4. The Morgan fingerprint density at radius 3 is 2.78 bits per heavy atom. The van der Waals surface area contributed by atoms with E-state index in [1.54, 1.807) is 22.8 Å². The number of hydrogen-bond acceptors (Lipinski definition) is 4. The minimum atomic E-state index is -0.438. The van der Waals surface area contributed by atoms with E-state index in [4.69, 9.17) is 0 Å². The summed E-state index contributed by atoms with van der Waals surface area (Å²) in [6.07, 6.45) is 4.26. The molecule has 0 radical (unpaired) electrons. The molecule has 23 heavy (non-hydrogen) atoms. The molecular formula is C14H25ClN6O2. The topological polar surface area (TPSA) is 91.3 Å². The molecule has 0 saturated carbocycles. The van der Waals surface area contributed by atoms with Gasteiger partial charge in [-0.25, -0.2) is 4.79 Å². The van der Waals surface area contributed by atoms with Gasteiger partial charge in [-0.3, -0.25) is 9.48 Å². The first-order valence-electron chi connectivity index (χ1n) is 7.54. The van der Waals surface area contributed by atoms with E-state index in [2.05, 4.69) is 21.0 Å². The van der Waals surface area contributed by atoms with Crippen molar-refractivity contribution in [3.63, 3.8) is 0 Å². The minimum absolute atomic E-state index is 0. The van der Waals surface area contributed by atoms with Gasteiger partial charge in [0.2, 0.25) is 5.91 Å². The Morgan fingerprint density at radius 2 is 2.22 bits per heavy atom. The van der Waals surface area contributed by atoms with E-state index in [0.29, 0.717) is 19.6 Å². The second-order valence-corrected chi connectivity index (χ2v) is 5.44. The van der Waals surface area contributed by atoms with Crippen LogP contribution in [0.5, 0.6) is 0 Å². The molecule has 1 aromatic rings. The molecule has 9 heteroatoms. The summed E-state index contributed by atoms with van der Waals surface area (Å²) in [5.74, 6) is -0.0988. The lowest BCUT2D eigenvalue weighted by Gasteiger charge is -2.20. The predicted molar refractivity (Wildman–Crippen MR) is 89.5 cm³/mol. The molecular weight excluding hydrogens is 320 g/mol. The van der Waals surface area contributed by atoms with Crippen molar-refractivity contribution < 1.29 is 9.59 Å². The monoisotopic (exact) mass is 344 g/mol. The summed E-state index contributed by atoms with van der Waals surface area (Å²) in [7, 11) is 3.56. The van der Waals surface area contributed by atoms with Crippen molar-refractivity contribution in [2.24, 2.45) is 7.05 Å². The number of amides is 3. The number of likely N-dealkylation sites (tertiary alicyclic amines) is 1. The van der Waals surface area contributed by atoms with Crippen molar-refractivity contribution in [3.05, 3.63) is 18.0 Å². The Bertz CT molecular complexity index is 535. The van der Waals surface area contributed by atoms with Crippen LogP contribution in [0.4, 0.5) is 4.79 Å². The molecule has 0 aliphatic carbocycles. The van der Waals surface area contributed by atoms with E-state index in [1.165, 1.54) is 0 Å². The number of nitrogens with zero attached hydrogens (tertiary/aromatic N) is 3. The van der Waals surface area contributed by atoms with Crippen molar-refractivity contribution in [3.8, 4) is 0 Å². The third-order valence-corrected chi connectivity index (χ3v) is 3.76. The fourth-order valence-electron chi connectivity index (χ4n) is 2.65. The van der Waals surface area contributed by atoms with Gasteiger partial charge in [0.15, 0.2) is 0 Å². The molecule has 3 N–H and O–H groups in total. The molecule has 1 fully saturated rings. The van der Waals surface area contributed by atoms with Crippen LogP contribution >= 0.6 is 12.4 Å². The van der Waals surface area contributed by atoms with Crippen molar-refractivity contribution in [2.45, 2.75) is 25.4 Å². The number of urea groups is 1. The quantitative estimate of drug-likeness (QED) is 0.702. The van der Waals surface area contributed by atoms with E-state index in [-0.39, 0.29) is 30.4 Å². The third-order valence-electron chi connectivity index (χ3n) is 3.76. The van der Waals surface area contributed by atoms with Gasteiger partial charge >= 0.3 is 6.03 Å². The van der Waals surface area contributed by atoms with E-state index in [0.717, 1.165) is 12.0 Å². The molecule has 2 unspecified atom stereocenters. The highest BCUT2D eigenvalue weighted by Gasteiger charge is 2.29. The molecule has 2 atom stereocenters. The molecule has 2 rings (SSSR count). The Balaban J connectivity index is 0.00000264. The first kappa shape index (κ1) is 19.2. The molecule has 130 valence electrons. The zero-order valence-corrected chi connectivity index (χ0v) is 14.5. The normalized spacial score (nSPS) is 18.2. The maximum absolute atomic E-state index is 12.4. The highest BCUT2D eigenvalue weighted by Crippen LogP contribution is 2.14. The van der Waals surface area contributed by atoms with Crippen LogP contribution in [0.3, 0.4) is 0 Å². The fraction of sp³-hybridized carbons (Fsp3) is 0.643. The molecule has 1 aliphatic rings. The molecule has 3 amide bonds. The summed E-state index contributed by atoms with van der Waals surface area (Å²) in [6.45, 7) is 3.70. The fourth-order valence-corrected chi connectivity index (χ4v) is 2.65. The Hall–Kier alpha value is -1.80. The van der Waals surface area contributed by atoms with Crippen LogP contribution in [0.1, 0.15) is 24.9 Å². The maximum Gasteiger partial charge on any atom is 0.317 e. The van der Waals surface area contributed by atoms with Crippen molar-refractivity contribution in [1.29, 1.82) is 0 Å². The molecule has 1 aliphatic heterocycles. The summed E-state index contributed by atoms with van der Waals surface area (Å²) in [6, 6.07) is -0.522. The van der Waals surface area contributed by atoms with Gasteiger partial charge in [0.1, 0.15) is 6.04 Å². The molecule has 0 aromatic carbocycles. The van der Waals surface area contributed by atoms with Crippen LogP contribution in [-0.2, 0) is 11.8 Å². The average Bonchev–Trinajstić information content (AvgIpc) is 3.10. The van der Waals surface area contributed by atoms with Crippen LogP contribution in [0, 0.1) is 0 Å². The molecule has 2 heterocycles. The number of carbonyl (C=O) groups excluding carboxylic acids is 2. The van der Waals surface area contributed by atoms with E-state index < -0.39 is 6.04 Å². The SMILES string of the molecule is CCNC(=O)N1CCC(NC(=O)C(NC)c2cnn(C)c2)C1.Cl. The Morgan fingerprint density at radius 1 is 1.48 bits per heavy atom. The molecule has 0 spiro atoms. The van der Waals surface area contributed by atoms with Crippen LogP contribution in [0.2, 0.25) is 0 Å². The number of halogens is 1. The first-order chi connectivity index (χ1) is 10.5. The van der Waals surface area contributed by atoms with Crippen molar-refractivity contribution in [1.82, 2.24) is 30.6 Å². The summed E-state index contributed by atoms with van der Waals surface area (Å²) < 4.78 is 1.67. The summed E-state index contributed by atoms with van der Waals surface area (Å²) in [5, 5.41) is 12.9. The molecule has 0 bridgehead atoms. The second-order valence-electron chi connectivity index (χ2n) is 5.44. The lowest BCUT2D eigenvalue weighted by molar-refractivity contribution is -0.123. The smallest absolute Gasteiger partial charge is 0.317 e. The second kappa shape index (κ2) is 8.73. The Kier molecular flexibility index (Phi) is 7.31. The molecule has 1 saturated heterocycles. The van der Waals surface area contributed by atoms with Gasteiger partial charge in [0, 0.05) is 44.5 Å². The zero-order chi connectivity index (χ0) is 16.1. The standard InChI is InChI=1S/C14H24N6O2.ClH/c1-4-16-14(22)20-6-5-11(9-20)18-13(21)12(15-2)10-7-17-19(3)8-10;/h7-8,11-12,15H,4-6,9H2,1-3H3,(H,16,22)(H,18,21);1H. The van der Waals surface area contributed by atoms with Crippen molar-refractivity contribution in [2.75, 3.05) is 26.7 Å². The first-order valence-corrected chi connectivity index (χ1v) is 7.54. The molecule has 1 aromatic heterocycles. The minimum Gasteiger partial charge on any atom is -0.350 e. The number of aromatic nitrogens is 2. The number of nitrogens with one attached hydrogen (secondary N) is 3. The largest absolute Gasteiger partial charge is 0.350 e. The van der Waals surface area contributed by atoms with Gasteiger partial charge < -0.3 is 20.9 Å². The van der Waals surface area contributed by atoms with Gasteiger partial charge in [0.05, 0.1) is 6.20 Å². The van der Waals surface area contributed by atoms with Crippen LogP contribution in [0.25, 0.3) is 0 Å². The van der Waals surface area contributed by atoms with E-state index in [9.17, 15) is 9.59 Å². The lowest BCUT2D eigenvalue weighted by Crippen LogP contribution is -2.44. The van der Waals surface area contributed by atoms with E-state index >= 15 is 0 Å².